The van der Waals surface area contributed by atoms with E-state index in [1.54, 1.807) is 64.1 Å². The second-order valence-electron chi connectivity index (χ2n) is 8.42. The van der Waals surface area contributed by atoms with Gasteiger partial charge < -0.3 is 24.2 Å². The molecule has 0 unspecified atom stereocenters. The van der Waals surface area contributed by atoms with E-state index in [1.165, 1.54) is 7.11 Å². The van der Waals surface area contributed by atoms with Crippen molar-refractivity contribution >= 4 is 40.9 Å². The Balaban J connectivity index is 1.90. The topological polar surface area (TPSA) is 140 Å². The summed E-state index contributed by atoms with van der Waals surface area (Å²) in [6.45, 7) is 6.84. The summed E-state index contributed by atoms with van der Waals surface area (Å²) in [6, 6.07) is 8.69. The number of aromatic nitrogens is 2. The molecular weight excluding hydrogens is 490 g/mol. The summed E-state index contributed by atoms with van der Waals surface area (Å²) in [5.74, 6) is -2.98. The number of rotatable bonds is 8. The number of carbonyl (C=O) groups excluding carboxylic acids is 4. The standard InChI is InChI=1S/C28H27N3O7/c1-6-37-27(34)25(32)22-14(3)18(29-15(22)4)12-19-21(36-5)13-20(30-19)24-23(26(33)28(35)38-7-2)16-10-8-9-11-17(16)31-24/h8-13,29-30H,6-7H2,1-5H3. The zero-order chi connectivity index (χ0) is 27.6. The minimum Gasteiger partial charge on any atom is -0.494 e. The highest BCUT2D eigenvalue weighted by atomic mass is 16.5. The van der Waals surface area contributed by atoms with Gasteiger partial charge in [-0.05, 0) is 45.4 Å². The third-order valence-electron chi connectivity index (χ3n) is 6.07. The molecule has 0 amide bonds. The lowest BCUT2D eigenvalue weighted by Gasteiger charge is -2.03. The molecule has 10 nitrogen and oxygen atoms in total. The molecule has 38 heavy (non-hydrogen) atoms. The van der Waals surface area contributed by atoms with Crippen molar-refractivity contribution in [3.05, 3.63) is 74.1 Å². The maximum Gasteiger partial charge on any atom is 0.379 e. The van der Waals surface area contributed by atoms with Gasteiger partial charge in [-0.1, -0.05) is 18.2 Å². The highest BCUT2D eigenvalue weighted by molar-refractivity contribution is 6.54. The van der Waals surface area contributed by atoms with E-state index in [2.05, 4.69) is 15.0 Å². The summed E-state index contributed by atoms with van der Waals surface area (Å²) in [7, 11) is 1.49. The fraction of sp³-hybridized carbons (Fsp3) is 0.250. The van der Waals surface area contributed by atoms with Crippen LogP contribution in [0.25, 0.3) is 17.3 Å². The van der Waals surface area contributed by atoms with Gasteiger partial charge in [-0.15, -0.1) is 0 Å². The van der Waals surface area contributed by atoms with Crippen molar-refractivity contribution in [1.82, 2.24) is 9.97 Å². The number of hydrogen-bond acceptors (Lipinski definition) is 8. The van der Waals surface area contributed by atoms with E-state index in [4.69, 9.17) is 14.2 Å². The number of aryl methyl sites for hydroxylation is 1. The lowest BCUT2D eigenvalue weighted by atomic mass is 10.1. The predicted molar refractivity (Wildman–Crippen MR) is 137 cm³/mol. The maximum atomic E-state index is 13.1. The van der Waals surface area contributed by atoms with E-state index in [1.807, 2.05) is 0 Å². The summed E-state index contributed by atoms with van der Waals surface area (Å²) < 4.78 is 15.4. The van der Waals surface area contributed by atoms with Crippen LogP contribution < -0.4 is 26.0 Å². The zero-order valence-corrected chi connectivity index (χ0v) is 21.7. The molecule has 1 aliphatic rings. The molecule has 0 aliphatic carbocycles. The Morgan fingerprint density at radius 2 is 1.61 bits per heavy atom. The molecule has 0 atom stereocenters. The molecule has 4 rings (SSSR count). The molecule has 1 aliphatic heterocycles. The summed E-state index contributed by atoms with van der Waals surface area (Å²) in [4.78, 5) is 61.0. The van der Waals surface area contributed by atoms with Crippen molar-refractivity contribution in [2.45, 2.75) is 27.7 Å². The molecule has 2 aromatic heterocycles. The molecule has 0 radical (unpaired) electrons. The van der Waals surface area contributed by atoms with Crippen LogP contribution in [-0.2, 0) is 23.9 Å². The second-order valence-corrected chi connectivity index (χ2v) is 8.42. The Labute approximate surface area is 217 Å². The maximum absolute atomic E-state index is 13.1. The van der Waals surface area contributed by atoms with Crippen LogP contribution in [0, 0.1) is 13.8 Å². The van der Waals surface area contributed by atoms with E-state index >= 15 is 0 Å². The number of para-hydroxylation sites is 1. The first-order chi connectivity index (χ1) is 18.2. The molecule has 0 saturated carbocycles. The number of carbonyl (C=O) groups is 4. The molecule has 0 fully saturated rings. The number of nitrogens with one attached hydrogen (secondary N) is 2. The number of Topliss-reactive ketones (excluding diaryl/α,β-unsaturated/α-hetero) is 2. The number of fused-ring (bicyclic) bond motifs is 1. The molecule has 1 aromatic carbocycles. The number of ketones is 2. The fourth-order valence-electron chi connectivity index (χ4n) is 4.37. The van der Waals surface area contributed by atoms with E-state index in [-0.39, 0.29) is 30.0 Å². The van der Waals surface area contributed by atoms with Gasteiger partial charge in [0.1, 0.15) is 5.75 Å². The zero-order valence-electron chi connectivity index (χ0n) is 21.7. The van der Waals surface area contributed by atoms with E-state index in [9.17, 15) is 19.2 Å². The molecule has 10 heteroatoms. The van der Waals surface area contributed by atoms with Gasteiger partial charge in [0.2, 0.25) is 0 Å². The van der Waals surface area contributed by atoms with Crippen LogP contribution in [0.2, 0.25) is 0 Å². The summed E-state index contributed by atoms with van der Waals surface area (Å²) in [6.07, 6.45) is 1.72. The second kappa shape index (κ2) is 10.7. The first kappa shape index (κ1) is 26.3. The minimum atomic E-state index is -0.964. The molecule has 3 aromatic rings. The quantitative estimate of drug-likeness (QED) is 0.248. The number of nitrogens with zero attached hydrogens (tertiary/aromatic N) is 1. The fourth-order valence-corrected chi connectivity index (χ4v) is 4.37. The van der Waals surface area contributed by atoms with Gasteiger partial charge in [-0.25, -0.2) is 14.6 Å². The van der Waals surface area contributed by atoms with Gasteiger partial charge in [0.15, 0.2) is 0 Å². The highest BCUT2D eigenvalue weighted by Crippen LogP contribution is 2.20. The normalized spacial score (nSPS) is 14.1. The molecule has 196 valence electrons. The van der Waals surface area contributed by atoms with E-state index in [0.717, 1.165) is 0 Å². The Bertz CT molecular complexity index is 1720. The van der Waals surface area contributed by atoms with Crippen molar-refractivity contribution in [2.24, 2.45) is 4.99 Å². The lowest BCUT2D eigenvalue weighted by Crippen LogP contribution is -2.28. The van der Waals surface area contributed by atoms with Crippen LogP contribution >= 0.6 is 0 Å². The van der Waals surface area contributed by atoms with Gasteiger partial charge in [0.25, 0.3) is 11.6 Å². The molecule has 0 spiro atoms. The molecule has 2 N–H and O–H groups in total. The van der Waals surface area contributed by atoms with Crippen LogP contribution in [-0.4, -0.2) is 53.8 Å². The van der Waals surface area contributed by atoms with Crippen LogP contribution in [0.1, 0.15) is 41.2 Å². The predicted octanol–water partition coefficient (Wildman–Crippen LogP) is 0.267. The average Bonchev–Trinajstić information content (AvgIpc) is 3.56. The van der Waals surface area contributed by atoms with Gasteiger partial charge in [-0.3, -0.25) is 9.59 Å². The molecule has 0 bridgehead atoms. The largest absolute Gasteiger partial charge is 0.494 e. The number of methoxy groups -OCH3 is 1. The average molecular weight is 518 g/mol. The third kappa shape index (κ3) is 4.68. The van der Waals surface area contributed by atoms with Gasteiger partial charge in [-0.2, -0.15) is 0 Å². The van der Waals surface area contributed by atoms with Gasteiger partial charge >= 0.3 is 11.9 Å². The van der Waals surface area contributed by atoms with Crippen LogP contribution in [0.3, 0.4) is 0 Å². The number of hydrogen-bond donors (Lipinski definition) is 2. The van der Waals surface area contributed by atoms with Crippen molar-refractivity contribution < 1.29 is 33.4 Å². The minimum absolute atomic E-state index is 0.0665. The van der Waals surface area contributed by atoms with Crippen LogP contribution in [0.4, 0.5) is 0 Å². The number of ether oxygens (including phenoxy) is 3. The van der Waals surface area contributed by atoms with Gasteiger partial charge in [0.05, 0.1) is 53.2 Å². The molecule has 3 heterocycles. The first-order valence-corrected chi connectivity index (χ1v) is 12.0. The van der Waals surface area contributed by atoms with Crippen LogP contribution in [0.5, 0.6) is 5.75 Å². The Hall–Kier alpha value is -4.73. The summed E-state index contributed by atoms with van der Waals surface area (Å²) in [5.41, 5.74) is 2.30. The van der Waals surface area contributed by atoms with Crippen LogP contribution in [0.15, 0.2) is 35.3 Å². The number of aromatic amines is 2. The lowest BCUT2D eigenvalue weighted by molar-refractivity contribution is -0.150. The Morgan fingerprint density at radius 3 is 2.26 bits per heavy atom. The summed E-state index contributed by atoms with van der Waals surface area (Å²) in [5, 5.41) is 2.04. The van der Waals surface area contributed by atoms with Crippen molar-refractivity contribution in [3.63, 3.8) is 0 Å². The Kier molecular flexibility index (Phi) is 7.43. The van der Waals surface area contributed by atoms with Crippen molar-refractivity contribution in [1.29, 1.82) is 0 Å². The molecular formula is C28H27N3O7. The van der Waals surface area contributed by atoms with Crippen molar-refractivity contribution in [2.75, 3.05) is 20.3 Å². The summed E-state index contributed by atoms with van der Waals surface area (Å²) >= 11 is 0. The van der Waals surface area contributed by atoms with Crippen molar-refractivity contribution in [3.8, 4) is 5.75 Å². The SMILES string of the molecule is CCOC(=O)C(=O)C1=c2ccccc2=NC1=c1cc(OC)c(=Cc2[nH]c(C)c(C(=O)C(=O)OCC)c2C)[nH]1. The van der Waals surface area contributed by atoms with E-state index < -0.39 is 23.5 Å². The Morgan fingerprint density at radius 1 is 0.947 bits per heavy atom. The third-order valence-corrected chi connectivity index (χ3v) is 6.07. The van der Waals surface area contributed by atoms with E-state index in [0.29, 0.717) is 44.0 Å². The smallest absolute Gasteiger partial charge is 0.379 e. The number of benzene rings is 1. The number of esters is 2. The monoisotopic (exact) mass is 517 g/mol. The number of H-pyrrole nitrogens is 2. The molecule has 0 saturated heterocycles. The highest BCUT2D eigenvalue weighted by Gasteiger charge is 2.28. The van der Waals surface area contributed by atoms with Gasteiger partial charge in [0, 0.05) is 22.7 Å². The first-order valence-electron chi connectivity index (χ1n) is 12.0.